The fraction of sp³-hybridized carbons (Fsp3) is 0.667. The van der Waals surface area contributed by atoms with Crippen LogP contribution in [0.5, 0.6) is 0 Å². The number of nitrogens with zero attached hydrogens (tertiary/aromatic N) is 2. The molecule has 0 aliphatic carbocycles. The van der Waals surface area contributed by atoms with Crippen LogP contribution in [0.25, 0.3) is 0 Å². The molecule has 0 heterocycles. The van der Waals surface area contributed by atoms with Crippen LogP contribution in [0.2, 0.25) is 0 Å². The third kappa shape index (κ3) is 4.42. The molecule has 0 amide bonds. The van der Waals surface area contributed by atoms with Crippen molar-refractivity contribution in [3.63, 3.8) is 0 Å². The minimum Gasteiger partial charge on any atom is -0.299 e. The molecule has 0 N–H and O–H groups in total. The van der Waals surface area contributed by atoms with Crippen LogP contribution in [-0.4, -0.2) is 30.3 Å². The largest absolute Gasteiger partial charge is 0.299 e. The summed E-state index contributed by atoms with van der Waals surface area (Å²) in [5.41, 5.74) is 1.09. The summed E-state index contributed by atoms with van der Waals surface area (Å²) in [4.78, 5) is 2.11. The van der Waals surface area contributed by atoms with E-state index in [1.807, 2.05) is 14.0 Å². The van der Waals surface area contributed by atoms with Gasteiger partial charge in [-0.1, -0.05) is 12.2 Å². The van der Waals surface area contributed by atoms with Gasteiger partial charge in [0.2, 0.25) is 0 Å². The van der Waals surface area contributed by atoms with E-state index < -0.39 is 0 Å². The van der Waals surface area contributed by atoms with Crippen molar-refractivity contribution in [2.24, 2.45) is 0 Å². The van der Waals surface area contributed by atoms with E-state index in [0.717, 1.165) is 12.1 Å². The minimum absolute atomic E-state index is 0.298. The highest BCUT2D eigenvalue weighted by Gasteiger charge is 2.08. The maximum absolute atomic E-state index is 8.46. The zero-order valence-electron chi connectivity index (χ0n) is 7.75. The van der Waals surface area contributed by atoms with Gasteiger partial charge in [0.05, 0.1) is 12.5 Å². The van der Waals surface area contributed by atoms with Crippen molar-refractivity contribution in [3.8, 4) is 6.07 Å². The number of rotatable bonds is 5. The fourth-order valence-electron chi connectivity index (χ4n) is 0.846. The molecule has 0 bridgehead atoms. The van der Waals surface area contributed by atoms with E-state index in [4.69, 9.17) is 5.26 Å². The quantitative estimate of drug-likeness (QED) is 0.520. The first-order chi connectivity index (χ1) is 5.61. The normalized spacial score (nSPS) is 12.6. The zero-order valence-corrected chi connectivity index (χ0v) is 8.64. The van der Waals surface area contributed by atoms with E-state index in [0.29, 0.717) is 18.2 Å². The summed E-state index contributed by atoms with van der Waals surface area (Å²) in [5.74, 6) is 0.712. The van der Waals surface area contributed by atoms with Crippen molar-refractivity contribution in [1.82, 2.24) is 4.90 Å². The second-order valence-electron chi connectivity index (χ2n) is 3.03. The van der Waals surface area contributed by atoms with Gasteiger partial charge in [0.25, 0.3) is 0 Å². The number of likely N-dealkylation sites (N-methyl/N-ethyl adjacent to an activating group) is 1. The van der Waals surface area contributed by atoms with Crippen molar-refractivity contribution in [1.29, 1.82) is 5.26 Å². The SMILES string of the molecule is C=C(CS)CN(C)C(C)CC#N. The Labute approximate surface area is 80.3 Å². The first-order valence-electron chi connectivity index (χ1n) is 3.96. The molecule has 0 saturated carbocycles. The summed E-state index contributed by atoms with van der Waals surface area (Å²) < 4.78 is 0. The standard InChI is InChI=1S/C9H16N2S/c1-8(7-12)6-11(3)9(2)4-5-10/h9,12H,1,4,6-7H2,2-3H3. The summed E-state index contributed by atoms with van der Waals surface area (Å²) in [5, 5.41) is 8.46. The molecule has 0 aromatic rings. The van der Waals surface area contributed by atoms with Crippen LogP contribution in [-0.2, 0) is 0 Å². The third-order valence-corrected chi connectivity index (χ3v) is 2.28. The molecule has 0 aliphatic rings. The molecule has 0 rings (SSSR count). The molecular formula is C9H16N2S. The molecule has 12 heavy (non-hydrogen) atoms. The highest BCUT2D eigenvalue weighted by Crippen LogP contribution is 2.03. The van der Waals surface area contributed by atoms with Crippen LogP contribution in [0.4, 0.5) is 0 Å². The average molecular weight is 184 g/mol. The molecule has 68 valence electrons. The van der Waals surface area contributed by atoms with Crippen molar-refractivity contribution >= 4 is 12.6 Å². The van der Waals surface area contributed by atoms with E-state index in [1.165, 1.54) is 0 Å². The van der Waals surface area contributed by atoms with Crippen molar-refractivity contribution in [3.05, 3.63) is 12.2 Å². The van der Waals surface area contributed by atoms with Gasteiger partial charge in [-0.15, -0.1) is 0 Å². The zero-order chi connectivity index (χ0) is 9.56. The summed E-state index contributed by atoms with van der Waals surface area (Å²) >= 11 is 4.12. The molecule has 0 aromatic heterocycles. The first-order valence-corrected chi connectivity index (χ1v) is 4.59. The Hall–Kier alpha value is -0.460. The van der Waals surface area contributed by atoms with Crippen LogP contribution in [0.1, 0.15) is 13.3 Å². The van der Waals surface area contributed by atoms with E-state index >= 15 is 0 Å². The number of nitriles is 1. The predicted octanol–water partition coefficient (Wildman–Crippen LogP) is 1.71. The molecule has 0 saturated heterocycles. The monoisotopic (exact) mass is 184 g/mol. The van der Waals surface area contributed by atoms with Crippen LogP contribution < -0.4 is 0 Å². The van der Waals surface area contributed by atoms with Gasteiger partial charge in [-0.2, -0.15) is 17.9 Å². The molecular weight excluding hydrogens is 168 g/mol. The van der Waals surface area contributed by atoms with Gasteiger partial charge in [0.15, 0.2) is 0 Å². The topological polar surface area (TPSA) is 27.0 Å². The van der Waals surface area contributed by atoms with Gasteiger partial charge in [-0.3, -0.25) is 4.90 Å². The number of hydrogen-bond donors (Lipinski definition) is 1. The predicted molar refractivity (Wildman–Crippen MR) is 55.3 cm³/mol. The second kappa shape index (κ2) is 6.10. The highest BCUT2D eigenvalue weighted by molar-refractivity contribution is 7.80. The molecule has 0 aromatic carbocycles. The lowest BCUT2D eigenvalue weighted by atomic mass is 10.2. The lowest BCUT2D eigenvalue weighted by Crippen LogP contribution is -2.30. The smallest absolute Gasteiger partial charge is 0.0638 e. The van der Waals surface area contributed by atoms with Gasteiger partial charge >= 0.3 is 0 Å². The lowest BCUT2D eigenvalue weighted by molar-refractivity contribution is 0.282. The van der Waals surface area contributed by atoms with Crippen molar-refractivity contribution in [2.45, 2.75) is 19.4 Å². The average Bonchev–Trinajstić information content (AvgIpc) is 2.04. The Morgan fingerprint density at radius 2 is 2.33 bits per heavy atom. The van der Waals surface area contributed by atoms with Crippen LogP contribution in [0.3, 0.4) is 0 Å². The van der Waals surface area contributed by atoms with E-state index in [9.17, 15) is 0 Å². The second-order valence-corrected chi connectivity index (χ2v) is 3.35. The van der Waals surface area contributed by atoms with Gasteiger partial charge < -0.3 is 0 Å². The van der Waals surface area contributed by atoms with Crippen LogP contribution in [0.15, 0.2) is 12.2 Å². The van der Waals surface area contributed by atoms with Crippen LogP contribution in [0, 0.1) is 11.3 Å². The Bertz CT molecular complexity index is 183. The Morgan fingerprint density at radius 3 is 2.75 bits per heavy atom. The molecule has 3 heteroatoms. The summed E-state index contributed by atoms with van der Waals surface area (Å²) in [6.07, 6.45) is 0.566. The molecule has 1 unspecified atom stereocenters. The maximum atomic E-state index is 8.46. The Kier molecular flexibility index (Phi) is 5.87. The molecule has 0 radical (unpaired) electrons. The molecule has 2 nitrogen and oxygen atoms in total. The minimum atomic E-state index is 0.298. The van der Waals surface area contributed by atoms with Gasteiger partial charge in [-0.25, -0.2) is 0 Å². The van der Waals surface area contributed by atoms with E-state index in [-0.39, 0.29) is 0 Å². The summed E-state index contributed by atoms with van der Waals surface area (Å²) in [7, 11) is 2.00. The Morgan fingerprint density at radius 1 is 1.75 bits per heavy atom. The first kappa shape index (κ1) is 11.5. The van der Waals surface area contributed by atoms with Gasteiger partial charge in [-0.05, 0) is 14.0 Å². The molecule has 1 atom stereocenters. The molecule has 0 spiro atoms. The number of thiol groups is 1. The third-order valence-electron chi connectivity index (χ3n) is 1.84. The van der Waals surface area contributed by atoms with E-state index in [2.05, 4.69) is 30.2 Å². The maximum Gasteiger partial charge on any atom is 0.0638 e. The van der Waals surface area contributed by atoms with Crippen molar-refractivity contribution in [2.75, 3.05) is 19.3 Å². The van der Waals surface area contributed by atoms with Gasteiger partial charge in [0, 0.05) is 18.3 Å². The summed E-state index contributed by atoms with van der Waals surface area (Å²) in [6, 6.07) is 2.45. The van der Waals surface area contributed by atoms with E-state index in [1.54, 1.807) is 0 Å². The Balaban J connectivity index is 3.79. The number of hydrogen-bond acceptors (Lipinski definition) is 3. The molecule has 0 aliphatic heterocycles. The summed E-state index contributed by atoms with van der Waals surface area (Å²) in [6.45, 7) is 6.72. The van der Waals surface area contributed by atoms with Gasteiger partial charge in [0.1, 0.15) is 0 Å². The van der Waals surface area contributed by atoms with Crippen molar-refractivity contribution < 1.29 is 0 Å². The lowest BCUT2D eigenvalue weighted by Gasteiger charge is -2.22. The fourth-order valence-corrected chi connectivity index (χ4v) is 0.946. The van der Waals surface area contributed by atoms with Crippen LogP contribution >= 0.6 is 12.6 Å². The highest BCUT2D eigenvalue weighted by atomic mass is 32.1. The molecule has 0 fully saturated rings.